The molecule has 1 fully saturated rings. The van der Waals surface area contributed by atoms with Crippen LogP contribution in [0.1, 0.15) is 15.9 Å². The average Bonchev–Trinajstić information content (AvgIpc) is 3.29. The first-order chi connectivity index (χ1) is 17.2. The summed E-state index contributed by atoms with van der Waals surface area (Å²) in [5.74, 6) is -1.73. The first-order valence-electron chi connectivity index (χ1n) is 11.3. The minimum Gasteiger partial charge on any atom is -0.467 e. The highest BCUT2D eigenvalue weighted by atomic mass is 32.2. The van der Waals surface area contributed by atoms with Crippen LogP contribution in [-0.4, -0.2) is 90.5 Å². The fourth-order valence-electron chi connectivity index (χ4n) is 4.36. The summed E-state index contributed by atoms with van der Waals surface area (Å²) in [4.78, 5) is 47.4. The number of rotatable bonds is 7. The van der Waals surface area contributed by atoms with Crippen molar-refractivity contribution in [2.45, 2.75) is 18.5 Å². The van der Waals surface area contributed by atoms with Crippen molar-refractivity contribution in [2.24, 2.45) is 0 Å². The second-order valence-electron chi connectivity index (χ2n) is 8.53. The van der Waals surface area contributed by atoms with Gasteiger partial charge in [0.25, 0.3) is 5.91 Å². The van der Waals surface area contributed by atoms with Gasteiger partial charge in [-0.1, -0.05) is 18.2 Å². The molecule has 1 saturated heterocycles. The number of hydrogen-bond donors (Lipinski definition) is 2. The molecular formula is C24H27N5O6S. The van der Waals surface area contributed by atoms with E-state index in [1.54, 1.807) is 18.3 Å². The molecule has 0 bridgehead atoms. The normalized spacial score (nSPS) is 17.5. The fraction of sp³-hybridized carbons (Fsp3) is 0.333. The molecule has 2 N–H and O–H groups in total. The molecule has 36 heavy (non-hydrogen) atoms. The number of methoxy groups -OCH3 is 1. The molecule has 0 radical (unpaired) electrons. The number of para-hydroxylation sites is 1. The molecule has 3 heterocycles. The van der Waals surface area contributed by atoms with E-state index in [1.165, 1.54) is 24.4 Å². The van der Waals surface area contributed by atoms with Crippen molar-refractivity contribution in [1.29, 1.82) is 0 Å². The maximum atomic E-state index is 13.4. The number of fused-ring (bicyclic) bond motifs is 1. The molecule has 2 atom stereocenters. The Morgan fingerprint density at radius 2 is 1.97 bits per heavy atom. The summed E-state index contributed by atoms with van der Waals surface area (Å²) in [7, 11) is -2.56. The Kier molecular flexibility index (Phi) is 7.36. The number of benzene rings is 1. The lowest BCUT2D eigenvalue weighted by atomic mass is 10.0. The lowest BCUT2D eigenvalue weighted by Crippen LogP contribution is -2.62. The summed E-state index contributed by atoms with van der Waals surface area (Å²) in [6.07, 6.45) is 5.84. The molecule has 4 rings (SSSR count). The van der Waals surface area contributed by atoms with Gasteiger partial charge in [0.1, 0.15) is 12.1 Å². The second-order valence-corrected chi connectivity index (χ2v) is 10.5. The van der Waals surface area contributed by atoms with Crippen LogP contribution in [0.25, 0.3) is 10.9 Å². The van der Waals surface area contributed by atoms with E-state index in [2.05, 4.69) is 15.3 Å². The third-order valence-corrected chi connectivity index (χ3v) is 7.45. The Bertz CT molecular complexity index is 1370. The van der Waals surface area contributed by atoms with Gasteiger partial charge in [0.05, 0.1) is 18.9 Å². The van der Waals surface area contributed by atoms with E-state index in [0.717, 1.165) is 27.0 Å². The molecule has 2 amide bonds. The third-order valence-electron chi connectivity index (χ3n) is 6.16. The van der Waals surface area contributed by atoms with Crippen LogP contribution in [0.4, 0.5) is 0 Å². The molecule has 3 aromatic rings. The van der Waals surface area contributed by atoms with Crippen molar-refractivity contribution >= 4 is 38.7 Å². The molecule has 12 heteroatoms. The van der Waals surface area contributed by atoms with Crippen LogP contribution in [-0.2, 0) is 30.8 Å². The molecule has 1 aliphatic rings. The SMILES string of the molecule is COC(=O)C(Cc1c[nH]c2ccccc12)NC(=O)C1CN(C(=O)c2cccnc2)CCN1S(C)(=O)=O. The minimum atomic E-state index is -3.77. The molecule has 0 saturated carbocycles. The van der Waals surface area contributed by atoms with E-state index in [1.807, 2.05) is 24.3 Å². The molecule has 2 unspecified atom stereocenters. The van der Waals surface area contributed by atoms with Gasteiger partial charge in [-0.25, -0.2) is 13.2 Å². The van der Waals surface area contributed by atoms with E-state index < -0.39 is 34.0 Å². The van der Waals surface area contributed by atoms with Crippen molar-refractivity contribution in [2.75, 3.05) is 33.0 Å². The van der Waals surface area contributed by atoms with Gasteiger partial charge in [0, 0.05) is 55.5 Å². The summed E-state index contributed by atoms with van der Waals surface area (Å²) in [6.45, 7) is -0.123. The fourth-order valence-corrected chi connectivity index (χ4v) is 5.39. The zero-order valence-electron chi connectivity index (χ0n) is 19.9. The number of H-pyrrole nitrogens is 1. The van der Waals surface area contributed by atoms with Gasteiger partial charge in [-0.15, -0.1) is 0 Å². The number of sulfonamides is 1. The number of aromatic nitrogens is 2. The lowest BCUT2D eigenvalue weighted by molar-refractivity contribution is -0.145. The number of aromatic amines is 1. The number of esters is 1. The number of nitrogens with zero attached hydrogens (tertiary/aromatic N) is 3. The lowest BCUT2D eigenvalue weighted by Gasteiger charge is -2.39. The summed E-state index contributed by atoms with van der Waals surface area (Å²) >= 11 is 0. The number of amides is 2. The maximum Gasteiger partial charge on any atom is 0.328 e. The summed E-state index contributed by atoms with van der Waals surface area (Å²) < 4.78 is 30.9. The van der Waals surface area contributed by atoms with Crippen molar-refractivity contribution < 1.29 is 27.5 Å². The largest absolute Gasteiger partial charge is 0.467 e. The minimum absolute atomic E-state index is 0.0612. The summed E-state index contributed by atoms with van der Waals surface area (Å²) in [5, 5.41) is 3.55. The standard InChI is InChI=1S/C24H27N5O6S/c1-35-24(32)20(12-17-14-26-19-8-4-3-7-18(17)19)27-22(30)21-15-28(10-11-29(21)36(2,33)34)23(31)16-6-5-9-25-13-16/h3-9,13-14,20-21,26H,10-12,15H2,1-2H3,(H,27,30). The molecule has 2 aromatic heterocycles. The predicted molar refractivity (Wildman–Crippen MR) is 131 cm³/mol. The topological polar surface area (TPSA) is 142 Å². The van der Waals surface area contributed by atoms with E-state index in [-0.39, 0.29) is 32.0 Å². The Morgan fingerprint density at radius 1 is 1.19 bits per heavy atom. The van der Waals surface area contributed by atoms with Crippen LogP contribution in [0, 0.1) is 0 Å². The van der Waals surface area contributed by atoms with Crippen molar-refractivity contribution in [1.82, 2.24) is 24.5 Å². The van der Waals surface area contributed by atoms with E-state index in [4.69, 9.17) is 4.74 Å². The molecule has 1 aromatic carbocycles. The maximum absolute atomic E-state index is 13.4. The zero-order chi connectivity index (χ0) is 25.9. The number of pyridine rings is 1. The van der Waals surface area contributed by atoms with Crippen LogP contribution < -0.4 is 5.32 Å². The Hall–Kier alpha value is -3.77. The first kappa shape index (κ1) is 25.3. The number of hydrogen-bond acceptors (Lipinski definition) is 7. The number of ether oxygens (including phenoxy) is 1. The van der Waals surface area contributed by atoms with Crippen molar-refractivity contribution in [3.63, 3.8) is 0 Å². The Morgan fingerprint density at radius 3 is 2.67 bits per heavy atom. The summed E-state index contributed by atoms with van der Waals surface area (Å²) in [5.41, 5.74) is 2.00. The smallest absolute Gasteiger partial charge is 0.328 e. The van der Waals surface area contributed by atoms with Crippen LogP contribution in [0.5, 0.6) is 0 Å². The van der Waals surface area contributed by atoms with Crippen LogP contribution in [0.15, 0.2) is 55.0 Å². The highest BCUT2D eigenvalue weighted by molar-refractivity contribution is 7.88. The highest BCUT2D eigenvalue weighted by Crippen LogP contribution is 2.21. The summed E-state index contributed by atoms with van der Waals surface area (Å²) in [6, 6.07) is 8.47. The number of carbonyl (C=O) groups is 3. The van der Waals surface area contributed by atoms with Gasteiger partial charge in [-0.2, -0.15) is 4.31 Å². The van der Waals surface area contributed by atoms with E-state index in [9.17, 15) is 22.8 Å². The van der Waals surface area contributed by atoms with E-state index >= 15 is 0 Å². The third kappa shape index (κ3) is 5.39. The van der Waals surface area contributed by atoms with E-state index in [0.29, 0.717) is 5.56 Å². The number of nitrogens with one attached hydrogen (secondary N) is 2. The number of piperazine rings is 1. The van der Waals surface area contributed by atoms with Gasteiger partial charge in [-0.05, 0) is 23.8 Å². The molecule has 0 aliphatic carbocycles. The first-order valence-corrected chi connectivity index (χ1v) is 13.1. The number of carbonyl (C=O) groups excluding carboxylic acids is 3. The molecule has 190 valence electrons. The highest BCUT2D eigenvalue weighted by Gasteiger charge is 2.40. The van der Waals surface area contributed by atoms with Crippen molar-refractivity contribution in [3.05, 3.63) is 66.1 Å². The Labute approximate surface area is 208 Å². The monoisotopic (exact) mass is 513 g/mol. The van der Waals surface area contributed by atoms with Crippen LogP contribution in [0.3, 0.4) is 0 Å². The quantitative estimate of drug-likeness (QED) is 0.440. The van der Waals surface area contributed by atoms with Crippen molar-refractivity contribution in [3.8, 4) is 0 Å². The average molecular weight is 514 g/mol. The van der Waals surface area contributed by atoms with Gasteiger partial charge < -0.3 is 19.9 Å². The van der Waals surface area contributed by atoms with Crippen LogP contribution in [0.2, 0.25) is 0 Å². The van der Waals surface area contributed by atoms with Gasteiger partial charge in [0.2, 0.25) is 15.9 Å². The van der Waals surface area contributed by atoms with Gasteiger partial charge in [-0.3, -0.25) is 14.6 Å². The van der Waals surface area contributed by atoms with Gasteiger partial charge >= 0.3 is 5.97 Å². The molecule has 1 aliphatic heterocycles. The molecule has 11 nitrogen and oxygen atoms in total. The second kappa shape index (κ2) is 10.5. The zero-order valence-corrected chi connectivity index (χ0v) is 20.7. The Balaban J connectivity index is 1.57. The predicted octanol–water partition coefficient (Wildman–Crippen LogP) is 0.549. The molecule has 0 spiro atoms. The van der Waals surface area contributed by atoms with Crippen LogP contribution >= 0.6 is 0 Å². The van der Waals surface area contributed by atoms with Gasteiger partial charge in [0.15, 0.2) is 0 Å². The molecular weight excluding hydrogens is 486 g/mol.